The van der Waals surface area contributed by atoms with Gasteiger partial charge in [-0.25, -0.2) is 4.98 Å². The second kappa shape index (κ2) is 11.6. The summed E-state index contributed by atoms with van der Waals surface area (Å²) in [5.41, 5.74) is 4.02. The number of amides is 1. The van der Waals surface area contributed by atoms with Crippen LogP contribution in [-0.4, -0.2) is 35.8 Å². The summed E-state index contributed by atoms with van der Waals surface area (Å²) in [6, 6.07) is 21.3. The second-order valence-corrected chi connectivity index (χ2v) is 8.84. The number of hydrogen-bond donors (Lipinski definition) is 1. The van der Waals surface area contributed by atoms with Crippen molar-refractivity contribution in [1.82, 2.24) is 14.9 Å². The molecule has 1 heterocycles. The highest BCUT2D eigenvalue weighted by molar-refractivity contribution is 5.79. The molecule has 1 N–H and O–H groups in total. The number of rotatable bonds is 11. The van der Waals surface area contributed by atoms with Crippen molar-refractivity contribution in [3.8, 4) is 17.2 Å². The van der Waals surface area contributed by atoms with Crippen LogP contribution in [0.5, 0.6) is 17.2 Å². The third kappa shape index (κ3) is 6.16. The zero-order valence-electron chi connectivity index (χ0n) is 21.3. The molecule has 3 aromatic carbocycles. The van der Waals surface area contributed by atoms with E-state index in [4.69, 9.17) is 19.2 Å². The summed E-state index contributed by atoms with van der Waals surface area (Å²) >= 11 is 0. The number of nitrogens with one attached hydrogen (secondary N) is 1. The number of aryl methyl sites for hydroxylation is 3. The summed E-state index contributed by atoms with van der Waals surface area (Å²) in [7, 11) is 1.64. The Morgan fingerprint density at radius 3 is 2.64 bits per heavy atom. The Kier molecular flexibility index (Phi) is 8.10. The van der Waals surface area contributed by atoms with Gasteiger partial charge in [0.25, 0.3) is 5.91 Å². The molecule has 1 unspecified atom stereocenters. The van der Waals surface area contributed by atoms with E-state index in [0.29, 0.717) is 13.2 Å². The molecule has 0 aliphatic rings. The van der Waals surface area contributed by atoms with Gasteiger partial charge in [-0.3, -0.25) is 4.79 Å². The first kappa shape index (κ1) is 25.1. The van der Waals surface area contributed by atoms with E-state index in [9.17, 15) is 4.79 Å². The molecule has 0 aliphatic carbocycles. The highest BCUT2D eigenvalue weighted by Crippen LogP contribution is 2.23. The molecule has 0 radical (unpaired) electrons. The summed E-state index contributed by atoms with van der Waals surface area (Å²) in [6.07, 6.45) is 0.779. The molecule has 1 amide bonds. The van der Waals surface area contributed by atoms with Crippen LogP contribution in [0.2, 0.25) is 0 Å². The van der Waals surface area contributed by atoms with E-state index >= 15 is 0 Å². The number of aromatic nitrogens is 2. The van der Waals surface area contributed by atoms with E-state index in [1.165, 1.54) is 0 Å². The number of ether oxygens (including phenoxy) is 3. The molecule has 0 aliphatic heterocycles. The number of nitrogens with zero attached hydrogens (tertiary/aromatic N) is 2. The van der Waals surface area contributed by atoms with Crippen LogP contribution in [0.1, 0.15) is 36.3 Å². The lowest BCUT2D eigenvalue weighted by Gasteiger charge is -2.17. The topological polar surface area (TPSA) is 74.6 Å². The van der Waals surface area contributed by atoms with Crippen molar-refractivity contribution in [2.75, 3.05) is 20.3 Å². The number of fused-ring (bicyclic) bond motifs is 1. The second-order valence-electron chi connectivity index (χ2n) is 8.84. The van der Waals surface area contributed by atoms with Crippen molar-refractivity contribution in [3.05, 3.63) is 83.7 Å². The number of carbonyl (C=O) groups excluding carboxylic acids is 1. The molecule has 0 saturated carbocycles. The third-order valence-corrected chi connectivity index (χ3v) is 5.99. The van der Waals surface area contributed by atoms with E-state index in [1.54, 1.807) is 7.11 Å². The summed E-state index contributed by atoms with van der Waals surface area (Å²) in [5.74, 6) is 2.87. The highest BCUT2D eigenvalue weighted by atomic mass is 16.5. The van der Waals surface area contributed by atoms with Crippen molar-refractivity contribution in [1.29, 1.82) is 0 Å². The molecule has 4 rings (SSSR count). The molecule has 1 atom stereocenters. The predicted molar refractivity (Wildman–Crippen MR) is 141 cm³/mol. The molecule has 36 heavy (non-hydrogen) atoms. The number of benzene rings is 3. The Hall–Kier alpha value is -4.00. The van der Waals surface area contributed by atoms with Gasteiger partial charge in [-0.2, -0.15) is 0 Å². The number of hydrogen-bond acceptors (Lipinski definition) is 5. The van der Waals surface area contributed by atoms with Crippen molar-refractivity contribution in [2.45, 2.75) is 39.8 Å². The van der Waals surface area contributed by atoms with Gasteiger partial charge in [-0.05, 0) is 68.7 Å². The first-order valence-corrected chi connectivity index (χ1v) is 12.2. The highest BCUT2D eigenvalue weighted by Gasteiger charge is 2.19. The van der Waals surface area contributed by atoms with Gasteiger partial charge in [0.05, 0.1) is 30.8 Å². The van der Waals surface area contributed by atoms with Gasteiger partial charge in [0.1, 0.15) is 23.1 Å². The fourth-order valence-corrected chi connectivity index (χ4v) is 4.12. The Labute approximate surface area is 212 Å². The van der Waals surface area contributed by atoms with Gasteiger partial charge in [0.2, 0.25) is 0 Å². The van der Waals surface area contributed by atoms with Crippen LogP contribution < -0.4 is 19.5 Å². The maximum absolute atomic E-state index is 12.7. The monoisotopic (exact) mass is 487 g/mol. The summed E-state index contributed by atoms with van der Waals surface area (Å²) < 4.78 is 19.1. The Morgan fingerprint density at radius 2 is 1.81 bits per heavy atom. The minimum absolute atomic E-state index is 0.0523. The molecule has 7 nitrogen and oxygen atoms in total. The molecule has 4 aromatic rings. The van der Waals surface area contributed by atoms with Crippen LogP contribution in [0.3, 0.4) is 0 Å². The number of methoxy groups -OCH3 is 1. The van der Waals surface area contributed by atoms with Crippen LogP contribution in [-0.2, 0) is 11.3 Å². The molecule has 7 heteroatoms. The fraction of sp³-hybridized carbons (Fsp3) is 0.310. The van der Waals surface area contributed by atoms with E-state index in [0.717, 1.165) is 51.7 Å². The van der Waals surface area contributed by atoms with Gasteiger partial charge < -0.3 is 24.1 Å². The maximum Gasteiger partial charge on any atom is 0.258 e. The lowest BCUT2D eigenvalue weighted by Crippen LogP contribution is -2.32. The lowest BCUT2D eigenvalue weighted by molar-refractivity contribution is -0.123. The molecule has 188 valence electrons. The normalized spacial score (nSPS) is 11.8. The molecule has 0 bridgehead atoms. The quantitative estimate of drug-likeness (QED) is 0.287. The number of para-hydroxylation sites is 2. The van der Waals surface area contributed by atoms with Crippen LogP contribution in [0, 0.1) is 13.8 Å². The van der Waals surface area contributed by atoms with Gasteiger partial charge in [0.15, 0.2) is 6.61 Å². The van der Waals surface area contributed by atoms with Gasteiger partial charge in [-0.1, -0.05) is 30.3 Å². The molecule has 0 fully saturated rings. The standard InChI is InChI=1S/C29H33N3O4/c1-20-13-14-21(2)27(17-20)36-19-28(33)30-22(3)29-31-25-11-5-6-12-26(25)32(29)15-8-16-35-24-10-7-9-23(18-24)34-4/h5-7,9-14,17-18,22H,8,15-16,19H2,1-4H3,(H,30,33). The van der Waals surface area contributed by atoms with Crippen LogP contribution in [0.25, 0.3) is 11.0 Å². The average molecular weight is 488 g/mol. The number of imidazole rings is 1. The smallest absolute Gasteiger partial charge is 0.258 e. The molecular weight excluding hydrogens is 454 g/mol. The van der Waals surface area contributed by atoms with Crippen molar-refractivity contribution in [2.24, 2.45) is 0 Å². The molecule has 1 aromatic heterocycles. The zero-order chi connectivity index (χ0) is 25.5. The minimum Gasteiger partial charge on any atom is -0.497 e. The van der Waals surface area contributed by atoms with Crippen molar-refractivity contribution < 1.29 is 19.0 Å². The van der Waals surface area contributed by atoms with E-state index in [2.05, 4.69) is 9.88 Å². The Balaban J connectivity index is 1.39. The van der Waals surface area contributed by atoms with Crippen LogP contribution in [0.4, 0.5) is 0 Å². The van der Waals surface area contributed by atoms with E-state index < -0.39 is 0 Å². The Morgan fingerprint density at radius 1 is 1.00 bits per heavy atom. The maximum atomic E-state index is 12.7. The summed E-state index contributed by atoms with van der Waals surface area (Å²) in [5, 5.41) is 3.04. The van der Waals surface area contributed by atoms with Crippen molar-refractivity contribution >= 4 is 16.9 Å². The van der Waals surface area contributed by atoms with Crippen LogP contribution in [0.15, 0.2) is 66.7 Å². The molecule has 0 saturated heterocycles. The Bertz CT molecular complexity index is 1330. The largest absolute Gasteiger partial charge is 0.497 e. The molecular formula is C29H33N3O4. The lowest BCUT2D eigenvalue weighted by atomic mass is 10.1. The van der Waals surface area contributed by atoms with Crippen LogP contribution >= 0.6 is 0 Å². The minimum atomic E-state index is -0.286. The first-order chi connectivity index (χ1) is 17.4. The fourth-order valence-electron chi connectivity index (χ4n) is 4.12. The van der Waals surface area contributed by atoms with Gasteiger partial charge in [-0.15, -0.1) is 0 Å². The predicted octanol–water partition coefficient (Wildman–Crippen LogP) is 5.39. The average Bonchev–Trinajstić information content (AvgIpc) is 3.26. The van der Waals surface area contributed by atoms with Gasteiger partial charge in [0, 0.05) is 12.6 Å². The summed E-state index contributed by atoms with van der Waals surface area (Å²) in [4.78, 5) is 17.5. The van der Waals surface area contributed by atoms with Gasteiger partial charge >= 0.3 is 0 Å². The number of carbonyl (C=O) groups is 1. The molecule has 0 spiro atoms. The zero-order valence-corrected chi connectivity index (χ0v) is 21.3. The third-order valence-electron chi connectivity index (χ3n) is 5.99. The first-order valence-electron chi connectivity index (χ1n) is 12.2. The SMILES string of the molecule is COc1cccc(OCCCn2c(C(C)NC(=O)COc3cc(C)ccc3C)nc3ccccc32)c1. The van der Waals surface area contributed by atoms with E-state index in [1.807, 2.05) is 87.5 Å². The van der Waals surface area contributed by atoms with E-state index in [-0.39, 0.29) is 18.6 Å². The van der Waals surface area contributed by atoms with Crippen molar-refractivity contribution in [3.63, 3.8) is 0 Å². The summed E-state index contributed by atoms with van der Waals surface area (Å²) in [6.45, 7) is 7.11.